The van der Waals surface area contributed by atoms with Gasteiger partial charge in [0.05, 0.1) is 19.3 Å². The van der Waals surface area contributed by atoms with Crippen LogP contribution in [-0.4, -0.2) is 65.5 Å². The second-order valence-corrected chi connectivity index (χ2v) is 9.74. The number of alkyl carbamates (subject to hydrolysis) is 1. The third-order valence-corrected chi connectivity index (χ3v) is 5.69. The van der Waals surface area contributed by atoms with Crippen LogP contribution in [0.25, 0.3) is 10.9 Å². The van der Waals surface area contributed by atoms with E-state index in [0.717, 1.165) is 10.9 Å². The van der Waals surface area contributed by atoms with Gasteiger partial charge in [-0.3, -0.25) is 0 Å². The number of amides is 1. The summed E-state index contributed by atoms with van der Waals surface area (Å²) < 4.78 is 11.0. The number of carbonyl (C=O) groups excluding carboxylic acids is 1. The Labute approximate surface area is 210 Å². The van der Waals surface area contributed by atoms with Crippen LogP contribution in [0.3, 0.4) is 0 Å². The summed E-state index contributed by atoms with van der Waals surface area (Å²) in [5.41, 5.74) is 1.09. The van der Waals surface area contributed by atoms with Crippen LogP contribution in [0.5, 0.6) is 0 Å². The fraction of sp³-hybridized carbons (Fsp3) is 0.440. The first-order valence-electron chi connectivity index (χ1n) is 11.7. The van der Waals surface area contributed by atoms with E-state index in [1.54, 1.807) is 6.20 Å². The summed E-state index contributed by atoms with van der Waals surface area (Å²) in [6.45, 7) is 8.56. The van der Waals surface area contributed by atoms with Gasteiger partial charge >= 0.3 is 6.09 Å². The van der Waals surface area contributed by atoms with Gasteiger partial charge in [0.25, 0.3) is 0 Å². The SMILES string of the molecule is CC(C)(C)OC(=O)NC(CNc1nc(N2CCOCC2)nc2c(Cl)nccc12)Cc1ccccc1. The molecule has 3 heterocycles. The number of aromatic nitrogens is 3. The van der Waals surface area contributed by atoms with Crippen molar-refractivity contribution in [3.05, 3.63) is 53.3 Å². The zero-order chi connectivity index (χ0) is 24.8. The van der Waals surface area contributed by atoms with Gasteiger partial charge in [-0.2, -0.15) is 4.98 Å². The summed E-state index contributed by atoms with van der Waals surface area (Å²) in [5.74, 6) is 1.20. The van der Waals surface area contributed by atoms with Crippen LogP contribution < -0.4 is 15.5 Å². The van der Waals surface area contributed by atoms with Crippen molar-refractivity contribution >= 4 is 40.4 Å². The lowest BCUT2D eigenvalue weighted by molar-refractivity contribution is 0.0507. The van der Waals surface area contributed by atoms with Crippen LogP contribution in [0, 0.1) is 0 Å². The second kappa shape index (κ2) is 11.0. The van der Waals surface area contributed by atoms with Crippen LogP contribution >= 0.6 is 11.6 Å². The zero-order valence-electron chi connectivity index (χ0n) is 20.3. The molecule has 1 saturated heterocycles. The maximum Gasteiger partial charge on any atom is 0.407 e. The summed E-state index contributed by atoms with van der Waals surface area (Å²) in [4.78, 5) is 28.3. The molecule has 1 amide bonds. The summed E-state index contributed by atoms with van der Waals surface area (Å²) in [6.07, 6.45) is 1.79. The third-order valence-electron chi connectivity index (χ3n) is 5.41. The van der Waals surface area contributed by atoms with Gasteiger partial charge < -0.3 is 25.0 Å². The molecular weight excluding hydrogens is 468 g/mol. The number of nitrogens with zero attached hydrogens (tertiary/aromatic N) is 4. The normalized spacial score (nSPS) is 15.0. The lowest BCUT2D eigenvalue weighted by atomic mass is 10.1. The van der Waals surface area contributed by atoms with Gasteiger partial charge in [0.2, 0.25) is 5.95 Å². The van der Waals surface area contributed by atoms with E-state index in [1.165, 1.54) is 0 Å². The minimum absolute atomic E-state index is 0.249. The van der Waals surface area contributed by atoms with Crippen LogP contribution in [-0.2, 0) is 15.9 Å². The predicted molar refractivity (Wildman–Crippen MR) is 137 cm³/mol. The fourth-order valence-corrected chi connectivity index (χ4v) is 4.02. The number of benzene rings is 1. The highest BCUT2D eigenvalue weighted by Gasteiger charge is 2.22. The smallest absolute Gasteiger partial charge is 0.407 e. The number of hydrogen-bond acceptors (Lipinski definition) is 8. The molecule has 10 heteroatoms. The van der Waals surface area contributed by atoms with Gasteiger partial charge in [-0.05, 0) is 38.8 Å². The molecule has 0 spiro atoms. The molecule has 1 atom stereocenters. The number of morpholine rings is 1. The molecule has 186 valence electrons. The number of halogens is 1. The van der Waals surface area contributed by atoms with Gasteiger partial charge in [0.15, 0.2) is 5.15 Å². The van der Waals surface area contributed by atoms with E-state index in [-0.39, 0.29) is 6.04 Å². The van der Waals surface area contributed by atoms with E-state index in [4.69, 9.17) is 26.1 Å². The Kier molecular flexibility index (Phi) is 7.87. The molecule has 2 N–H and O–H groups in total. The third kappa shape index (κ3) is 6.93. The van der Waals surface area contributed by atoms with Gasteiger partial charge in [-0.25, -0.2) is 14.8 Å². The molecule has 1 unspecified atom stereocenters. The summed E-state index contributed by atoms with van der Waals surface area (Å²) in [5, 5.41) is 7.49. The first-order chi connectivity index (χ1) is 16.8. The summed E-state index contributed by atoms with van der Waals surface area (Å²) >= 11 is 6.39. The van der Waals surface area contributed by atoms with Crippen molar-refractivity contribution in [2.75, 3.05) is 43.1 Å². The number of pyridine rings is 1. The highest BCUT2D eigenvalue weighted by molar-refractivity contribution is 6.34. The number of anilines is 2. The van der Waals surface area contributed by atoms with Gasteiger partial charge in [-0.1, -0.05) is 41.9 Å². The van der Waals surface area contributed by atoms with E-state index in [0.29, 0.717) is 61.7 Å². The van der Waals surface area contributed by atoms with Crippen LogP contribution in [0.2, 0.25) is 5.15 Å². The largest absolute Gasteiger partial charge is 0.444 e. The molecular formula is C25H31ClN6O3. The average molecular weight is 499 g/mol. The van der Waals surface area contributed by atoms with Gasteiger partial charge in [-0.15, -0.1) is 0 Å². The number of fused-ring (bicyclic) bond motifs is 1. The molecule has 3 aromatic rings. The van der Waals surface area contributed by atoms with Crippen molar-refractivity contribution in [2.45, 2.75) is 38.8 Å². The number of nitrogens with one attached hydrogen (secondary N) is 2. The van der Waals surface area contributed by atoms with Gasteiger partial charge in [0, 0.05) is 31.2 Å². The average Bonchev–Trinajstić information content (AvgIpc) is 2.82. The maximum absolute atomic E-state index is 12.6. The lowest BCUT2D eigenvalue weighted by Gasteiger charge is -2.28. The molecule has 1 aliphatic heterocycles. The number of hydrogen-bond donors (Lipinski definition) is 2. The van der Waals surface area contributed by atoms with Gasteiger partial charge in [0.1, 0.15) is 16.9 Å². The first-order valence-corrected chi connectivity index (χ1v) is 12.1. The van der Waals surface area contributed by atoms with E-state index in [2.05, 4.69) is 25.5 Å². The zero-order valence-corrected chi connectivity index (χ0v) is 21.0. The van der Waals surface area contributed by atoms with Crippen LogP contribution in [0.1, 0.15) is 26.3 Å². The minimum atomic E-state index is -0.589. The number of carbonyl (C=O) groups is 1. The molecule has 0 aliphatic carbocycles. The van der Waals surface area contributed by atoms with Crippen molar-refractivity contribution in [3.63, 3.8) is 0 Å². The Morgan fingerprint density at radius 3 is 2.63 bits per heavy atom. The standard InChI is InChI=1S/C25H31ClN6O3/c1-25(2,3)35-24(33)29-18(15-17-7-5-4-6-8-17)16-28-22-19-9-10-27-21(26)20(19)30-23(31-22)32-11-13-34-14-12-32/h4-10,18H,11-16H2,1-3H3,(H,29,33)(H,28,30,31). The Morgan fingerprint density at radius 1 is 1.17 bits per heavy atom. The van der Waals surface area contributed by atoms with E-state index >= 15 is 0 Å². The lowest BCUT2D eigenvalue weighted by Crippen LogP contribution is -2.44. The maximum atomic E-state index is 12.6. The summed E-state index contributed by atoms with van der Waals surface area (Å²) in [6, 6.07) is 11.6. The van der Waals surface area contributed by atoms with Crippen molar-refractivity contribution in [1.82, 2.24) is 20.3 Å². The highest BCUT2D eigenvalue weighted by atomic mass is 35.5. The Hall–Kier alpha value is -3.17. The topological polar surface area (TPSA) is 102 Å². The molecule has 4 rings (SSSR count). The molecule has 1 aliphatic rings. The Morgan fingerprint density at radius 2 is 1.91 bits per heavy atom. The van der Waals surface area contributed by atoms with Crippen LogP contribution in [0.15, 0.2) is 42.6 Å². The van der Waals surface area contributed by atoms with E-state index < -0.39 is 11.7 Å². The Bertz CT molecular complexity index is 1150. The molecule has 35 heavy (non-hydrogen) atoms. The number of rotatable bonds is 7. The quantitative estimate of drug-likeness (QED) is 0.470. The van der Waals surface area contributed by atoms with E-state index in [1.807, 2.05) is 57.2 Å². The molecule has 1 aromatic carbocycles. The van der Waals surface area contributed by atoms with Crippen molar-refractivity contribution in [3.8, 4) is 0 Å². The van der Waals surface area contributed by atoms with Crippen LogP contribution in [0.4, 0.5) is 16.6 Å². The van der Waals surface area contributed by atoms with Crippen molar-refractivity contribution in [1.29, 1.82) is 0 Å². The van der Waals surface area contributed by atoms with Crippen molar-refractivity contribution < 1.29 is 14.3 Å². The first kappa shape index (κ1) is 24.9. The van der Waals surface area contributed by atoms with Crippen molar-refractivity contribution in [2.24, 2.45) is 0 Å². The molecule has 2 aromatic heterocycles. The molecule has 9 nitrogen and oxygen atoms in total. The second-order valence-electron chi connectivity index (χ2n) is 9.38. The monoisotopic (exact) mass is 498 g/mol. The van der Waals surface area contributed by atoms with E-state index in [9.17, 15) is 4.79 Å². The Balaban J connectivity index is 1.59. The molecule has 0 bridgehead atoms. The molecule has 0 radical (unpaired) electrons. The predicted octanol–water partition coefficient (Wildman–Crippen LogP) is 4.06. The molecule has 0 saturated carbocycles. The molecule has 1 fully saturated rings. The highest BCUT2D eigenvalue weighted by Crippen LogP contribution is 2.27. The minimum Gasteiger partial charge on any atom is -0.444 e. The summed E-state index contributed by atoms with van der Waals surface area (Å²) in [7, 11) is 0. The number of ether oxygens (including phenoxy) is 2. The fourth-order valence-electron chi connectivity index (χ4n) is 3.82.